The van der Waals surface area contributed by atoms with Gasteiger partial charge in [-0.05, 0) is 74.6 Å². The summed E-state index contributed by atoms with van der Waals surface area (Å²) in [5.41, 5.74) is 1.98. The molecule has 294 valence electrons. The van der Waals surface area contributed by atoms with Crippen LogP contribution in [0.25, 0.3) is 0 Å². The predicted molar refractivity (Wildman–Crippen MR) is 211 cm³/mol. The van der Waals surface area contributed by atoms with Crippen molar-refractivity contribution in [3.05, 3.63) is 95.1 Å². The normalized spacial score (nSPS) is 13.7. The molecule has 15 heteroatoms. The summed E-state index contributed by atoms with van der Waals surface area (Å²) in [6.07, 6.45) is 0.392. The third-order valence-corrected chi connectivity index (χ3v) is 10.7. The molecule has 3 rings (SSSR count). The monoisotopic (exact) mass is 765 g/mol. The van der Waals surface area contributed by atoms with Crippen LogP contribution in [0.4, 0.5) is 5.69 Å². The van der Waals surface area contributed by atoms with E-state index in [-0.39, 0.29) is 41.1 Å². The molecule has 4 amide bonds. The molecule has 0 saturated heterocycles. The van der Waals surface area contributed by atoms with Gasteiger partial charge in [-0.3, -0.25) is 23.5 Å². The highest BCUT2D eigenvalue weighted by molar-refractivity contribution is 7.90. The van der Waals surface area contributed by atoms with Gasteiger partial charge in [-0.15, -0.1) is 0 Å². The van der Waals surface area contributed by atoms with Gasteiger partial charge in [-0.2, -0.15) is 12.7 Å². The van der Waals surface area contributed by atoms with Gasteiger partial charge in [-0.25, -0.2) is 0 Å². The molecule has 0 saturated carbocycles. The van der Waals surface area contributed by atoms with Crippen LogP contribution in [0.15, 0.2) is 72.8 Å². The highest BCUT2D eigenvalue weighted by Crippen LogP contribution is 2.24. The van der Waals surface area contributed by atoms with E-state index in [0.29, 0.717) is 18.7 Å². The lowest BCUT2D eigenvalue weighted by molar-refractivity contribution is -0.130. The number of methoxy groups -OCH3 is 1. The standard InChI is InChI=1S/C39H55N7O7S/c1-10-40-39(50)35(25(2)3)44-36(47)27(5)41-24-32(20-28-14-12-11-13-15-28)43-38(49)31-21-30(22-33(23-31)46(8)54(51,52)45(6)7)37(48)42-26(4)29-16-18-34(53-9)19-17-29/h11-19,21-23,25-27,32,35,41H,10,20,24H2,1-9H3,(H,40,50)(H,42,48)(H,43,49)(H,44,47)/t26-,27+,32+,35+/m1/s1. The first-order chi connectivity index (χ1) is 25.5. The summed E-state index contributed by atoms with van der Waals surface area (Å²) < 4.78 is 33.6. The minimum Gasteiger partial charge on any atom is -0.497 e. The second-order valence-electron chi connectivity index (χ2n) is 13.6. The number of nitrogens with one attached hydrogen (secondary N) is 5. The molecular formula is C39H55N7O7S. The van der Waals surface area contributed by atoms with Gasteiger partial charge in [0.25, 0.3) is 11.8 Å². The number of hydrogen-bond acceptors (Lipinski definition) is 8. The first kappa shape index (κ1) is 43.4. The number of benzene rings is 3. The van der Waals surface area contributed by atoms with E-state index in [1.54, 1.807) is 26.2 Å². The van der Waals surface area contributed by atoms with Crippen molar-refractivity contribution < 1.29 is 32.3 Å². The number of anilines is 1. The fraction of sp³-hybridized carbons (Fsp3) is 0.436. The van der Waals surface area contributed by atoms with Crippen LogP contribution in [0.5, 0.6) is 5.75 Å². The van der Waals surface area contributed by atoms with Crippen molar-refractivity contribution in [2.24, 2.45) is 5.92 Å². The maximum atomic E-state index is 14.0. The maximum absolute atomic E-state index is 14.0. The van der Waals surface area contributed by atoms with E-state index in [9.17, 15) is 27.6 Å². The van der Waals surface area contributed by atoms with E-state index in [0.717, 1.165) is 19.7 Å². The number of ether oxygens (including phenoxy) is 1. The summed E-state index contributed by atoms with van der Waals surface area (Å²) in [7, 11) is 1.70. The summed E-state index contributed by atoms with van der Waals surface area (Å²) in [6, 6.07) is 18.6. The molecule has 0 radical (unpaired) electrons. The Kier molecular flexibility index (Phi) is 16.0. The average Bonchev–Trinajstić information content (AvgIpc) is 3.15. The molecule has 0 bridgehead atoms. The van der Waals surface area contributed by atoms with Crippen LogP contribution >= 0.6 is 0 Å². The quantitative estimate of drug-likeness (QED) is 0.124. The van der Waals surface area contributed by atoms with Crippen molar-refractivity contribution in [3.8, 4) is 5.75 Å². The van der Waals surface area contributed by atoms with Crippen LogP contribution < -0.4 is 35.6 Å². The molecular weight excluding hydrogens is 711 g/mol. The second kappa shape index (κ2) is 19.9. The van der Waals surface area contributed by atoms with Gasteiger partial charge in [0.15, 0.2) is 0 Å². The lowest BCUT2D eigenvalue weighted by Crippen LogP contribution is -2.55. The number of amides is 4. The van der Waals surface area contributed by atoms with Crippen LogP contribution in [-0.4, -0.2) is 95.8 Å². The number of likely N-dealkylation sites (N-methyl/N-ethyl adjacent to an activating group) is 1. The fourth-order valence-electron chi connectivity index (χ4n) is 5.54. The van der Waals surface area contributed by atoms with Gasteiger partial charge in [0.2, 0.25) is 11.8 Å². The van der Waals surface area contributed by atoms with Crippen LogP contribution in [0.1, 0.15) is 72.5 Å². The zero-order valence-corrected chi connectivity index (χ0v) is 33.4. The van der Waals surface area contributed by atoms with Gasteiger partial charge >= 0.3 is 10.2 Å². The van der Waals surface area contributed by atoms with Gasteiger partial charge in [0, 0.05) is 51.4 Å². The molecule has 3 aromatic rings. The second-order valence-corrected chi connectivity index (χ2v) is 15.8. The third-order valence-electron chi connectivity index (χ3n) is 8.90. The van der Waals surface area contributed by atoms with Crippen molar-refractivity contribution in [2.75, 3.05) is 45.6 Å². The smallest absolute Gasteiger partial charge is 0.303 e. The SMILES string of the molecule is CCNC(=O)[C@@H](NC(=O)[C@H](C)NC[C@H](Cc1ccccc1)NC(=O)c1cc(C(=O)N[C@H](C)c2ccc(OC)cc2)cc(N(C)S(=O)(=O)N(C)C)c1)C(C)C. The zero-order valence-electron chi connectivity index (χ0n) is 32.6. The average molecular weight is 766 g/mol. The van der Waals surface area contributed by atoms with Crippen LogP contribution in [0.2, 0.25) is 0 Å². The Balaban J connectivity index is 1.91. The summed E-state index contributed by atoms with van der Waals surface area (Å²) in [4.78, 5) is 53.4. The zero-order chi connectivity index (χ0) is 40.2. The maximum Gasteiger partial charge on any atom is 0.303 e. The molecule has 0 aliphatic carbocycles. The van der Waals surface area contributed by atoms with Crippen molar-refractivity contribution >= 4 is 39.5 Å². The highest BCUT2D eigenvalue weighted by atomic mass is 32.2. The van der Waals surface area contributed by atoms with E-state index in [1.165, 1.54) is 39.3 Å². The number of hydrogen-bond donors (Lipinski definition) is 5. The van der Waals surface area contributed by atoms with E-state index in [1.807, 2.05) is 70.2 Å². The van der Waals surface area contributed by atoms with Gasteiger partial charge in [0.05, 0.1) is 24.9 Å². The van der Waals surface area contributed by atoms with Crippen molar-refractivity contribution in [1.29, 1.82) is 0 Å². The van der Waals surface area contributed by atoms with Crippen molar-refractivity contribution in [1.82, 2.24) is 30.9 Å². The summed E-state index contributed by atoms with van der Waals surface area (Å²) in [6.45, 7) is 9.60. The number of nitrogens with zero attached hydrogens (tertiary/aromatic N) is 2. The van der Waals surface area contributed by atoms with Crippen molar-refractivity contribution in [2.45, 2.75) is 65.2 Å². The molecule has 0 aliphatic rings. The van der Waals surface area contributed by atoms with E-state index >= 15 is 0 Å². The van der Waals surface area contributed by atoms with E-state index in [4.69, 9.17) is 4.74 Å². The summed E-state index contributed by atoms with van der Waals surface area (Å²) in [5, 5.41) is 14.7. The molecule has 5 N–H and O–H groups in total. The highest BCUT2D eigenvalue weighted by Gasteiger charge is 2.28. The molecule has 14 nitrogen and oxygen atoms in total. The molecule has 0 spiro atoms. The number of carbonyl (C=O) groups is 4. The van der Waals surface area contributed by atoms with E-state index < -0.39 is 46.2 Å². The van der Waals surface area contributed by atoms with E-state index in [2.05, 4.69) is 26.6 Å². The Hall–Kier alpha value is -4.99. The number of rotatable bonds is 19. The number of carbonyl (C=O) groups excluding carboxylic acids is 4. The minimum absolute atomic E-state index is 0.0566. The summed E-state index contributed by atoms with van der Waals surface area (Å²) in [5.74, 6) is -1.18. The third kappa shape index (κ3) is 12.0. The Bertz CT molecular complexity index is 1840. The van der Waals surface area contributed by atoms with Gasteiger partial charge in [0.1, 0.15) is 11.8 Å². The largest absolute Gasteiger partial charge is 0.497 e. The molecule has 0 unspecified atom stereocenters. The molecule has 54 heavy (non-hydrogen) atoms. The molecule has 0 aromatic heterocycles. The predicted octanol–water partition coefficient (Wildman–Crippen LogP) is 3.02. The topological polar surface area (TPSA) is 178 Å². The first-order valence-corrected chi connectivity index (χ1v) is 19.3. The summed E-state index contributed by atoms with van der Waals surface area (Å²) >= 11 is 0. The fourth-order valence-corrected chi connectivity index (χ4v) is 6.40. The van der Waals surface area contributed by atoms with Crippen LogP contribution in [-0.2, 0) is 26.2 Å². The Morgan fingerprint density at radius 3 is 1.91 bits per heavy atom. The molecule has 0 fully saturated rings. The Labute approximate surface area is 319 Å². The molecule has 0 aliphatic heterocycles. The first-order valence-electron chi connectivity index (χ1n) is 17.9. The minimum atomic E-state index is -3.98. The lowest BCUT2D eigenvalue weighted by Gasteiger charge is -2.26. The van der Waals surface area contributed by atoms with Crippen LogP contribution in [0, 0.1) is 5.92 Å². The Morgan fingerprint density at radius 1 is 0.778 bits per heavy atom. The Morgan fingerprint density at radius 2 is 1.37 bits per heavy atom. The van der Waals surface area contributed by atoms with Crippen molar-refractivity contribution in [3.63, 3.8) is 0 Å². The molecule has 4 atom stereocenters. The molecule has 0 heterocycles. The lowest BCUT2D eigenvalue weighted by atomic mass is 10.0. The van der Waals surface area contributed by atoms with Gasteiger partial charge < -0.3 is 31.3 Å². The molecule has 3 aromatic carbocycles. The van der Waals surface area contributed by atoms with Gasteiger partial charge in [-0.1, -0.05) is 56.3 Å². The van der Waals surface area contributed by atoms with Crippen LogP contribution in [0.3, 0.4) is 0 Å².